The van der Waals surface area contributed by atoms with Gasteiger partial charge in [-0.05, 0) is 37.5 Å². The molecule has 2 aromatic carbocycles. The number of carbonyl (C=O) groups is 1. The predicted molar refractivity (Wildman–Crippen MR) is 70.4 cm³/mol. The fraction of sp³-hybridized carbons (Fsp3) is 0.188. The molecule has 0 aliphatic carbocycles. The van der Waals surface area contributed by atoms with Crippen molar-refractivity contribution < 1.29 is 9.90 Å². The van der Waals surface area contributed by atoms with Gasteiger partial charge >= 0.3 is 0 Å². The molecule has 92 valence electrons. The van der Waals surface area contributed by atoms with Crippen LogP contribution in [0.1, 0.15) is 27.0 Å². The number of carboxylic acid groups (broad SMARTS) is 1. The number of benzene rings is 2. The van der Waals surface area contributed by atoms with Crippen LogP contribution in [0, 0.1) is 20.8 Å². The maximum atomic E-state index is 11.0. The van der Waals surface area contributed by atoms with Crippen LogP contribution >= 0.6 is 0 Å². The average Bonchev–Trinajstić information content (AvgIpc) is 2.27. The standard InChI is InChI=1S/C16H16O2/c1-10-7-11(2)9-13(8-10)14-5-4-6-15(12(14)3)16(17)18/h4-9H,1-3H3,(H,17,18)/p-1. The van der Waals surface area contributed by atoms with Gasteiger partial charge in [0.2, 0.25) is 0 Å². The van der Waals surface area contributed by atoms with Gasteiger partial charge in [0, 0.05) is 5.56 Å². The zero-order valence-corrected chi connectivity index (χ0v) is 10.8. The summed E-state index contributed by atoms with van der Waals surface area (Å²) in [5.74, 6) is -1.13. The molecule has 0 amide bonds. The molecule has 0 N–H and O–H groups in total. The van der Waals surface area contributed by atoms with Gasteiger partial charge in [0.1, 0.15) is 0 Å². The van der Waals surface area contributed by atoms with Crippen LogP contribution in [0.5, 0.6) is 0 Å². The Bertz CT molecular complexity index is 592. The second-order valence-electron chi connectivity index (χ2n) is 4.64. The normalized spacial score (nSPS) is 10.4. The Balaban J connectivity index is 2.64. The smallest absolute Gasteiger partial charge is 0.0718 e. The number of hydrogen-bond acceptors (Lipinski definition) is 2. The summed E-state index contributed by atoms with van der Waals surface area (Å²) in [6.45, 7) is 5.89. The van der Waals surface area contributed by atoms with Crippen molar-refractivity contribution in [3.8, 4) is 11.1 Å². The summed E-state index contributed by atoms with van der Waals surface area (Å²) in [7, 11) is 0. The highest BCUT2D eigenvalue weighted by Gasteiger charge is 2.07. The van der Waals surface area contributed by atoms with Gasteiger partial charge in [-0.2, -0.15) is 0 Å². The van der Waals surface area contributed by atoms with Crippen molar-refractivity contribution in [3.63, 3.8) is 0 Å². The van der Waals surface area contributed by atoms with Crippen molar-refractivity contribution in [2.75, 3.05) is 0 Å². The Morgan fingerprint density at radius 3 is 2.17 bits per heavy atom. The minimum atomic E-state index is -1.13. The van der Waals surface area contributed by atoms with E-state index < -0.39 is 5.97 Å². The molecule has 0 bridgehead atoms. The molecule has 2 rings (SSSR count). The highest BCUT2D eigenvalue weighted by molar-refractivity contribution is 5.90. The third-order valence-corrected chi connectivity index (χ3v) is 3.09. The van der Waals surface area contributed by atoms with Gasteiger partial charge in [-0.3, -0.25) is 0 Å². The molecule has 0 radical (unpaired) electrons. The van der Waals surface area contributed by atoms with Crippen LogP contribution < -0.4 is 5.11 Å². The number of aryl methyl sites for hydroxylation is 2. The van der Waals surface area contributed by atoms with E-state index in [9.17, 15) is 9.90 Å². The van der Waals surface area contributed by atoms with Crippen LogP contribution in [-0.4, -0.2) is 5.97 Å². The van der Waals surface area contributed by atoms with Crippen molar-refractivity contribution in [2.24, 2.45) is 0 Å². The third kappa shape index (κ3) is 2.28. The van der Waals surface area contributed by atoms with Gasteiger partial charge in [0.05, 0.1) is 5.97 Å². The summed E-state index contributed by atoms with van der Waals surface area (Å²) in [6, 6.07) is 11.5. The Morgan fingerprint density at radius 1 is 1.00 bits per heavy atom. The second-order valence-corrected chi connectivity index (χ2v) is 4.64. The molecule has 0 saturated heterocycles. The molecule has 0 saturated carbocycles. The zero-order valence-electron chi connectivity index (χ0n) is 10.8. The zero-order chi connectivity index (χ0) is 13.3. The predicted octanol–water partition coefficient (Wildman–Crippen LogP) is 2.64. The van der Waals surface area contributed by atoms with Gasteiger partial charge in [-0.15, -0.1) is 0 Å². The van der Waals surface area contributed by atoms with Crippen molar-refractivity contribution in [1.82, 2.24) is 0 Å². The lowest BCUT2D eigenvalue weighted by Crippen LogP contribution is -2.23. The molecule has 0 heterocycles. The molecule has 18 heavy (non-hydrogen) atoms. The van der Waals surface area contributed by atoms with Gasteiger partial charge < -0.3 is 9.90 Å². The highest BCUT2D eigenvalue weighted by atomic mass is 16.4. The van der Waals surface area contributed by atoms with Gasteiger partial charge in [-0.1, -0.05) is 47.5 Å². The molecule has 0 fully saturated rings. The fourth-order valence-electron chi connectivity index (χ4n) is 2.30. The number of aromatic carboxylic acids is 1. The van der Waals surface area contributed by atoms with Gasteiger partial charge in [0.15, 0.2) is 0 Å². The van der Waals surface area contributed by atoms with Crippen LogP contribution in [-0.2, 0) is 0 Å². The summed E-state index contributed by atoms with van der Waals surface area (Å²) >= 11 is 0. The van der Waals surface area contributed by atoms with E-state index in [4.69, 9.17) is 0 Å². The third-order valence-electron chi connectivity index (χ3n) is 3.09. The number of carboxylic acids is 1. The Kier molecular flexibility index (Phi) is 3.19. The summed E-state index contributed by atoms with van der Waals surface area (Å²) in [5, 5.41) is 11.0. The lowest BCUT2D eigenvalue weighted by molar-refractivity contribution is -0.255. The lowest BCUT2D eigenvalue weighted by atomic mass is 9.94. The summed E-state index contributed by atoms with van der Waals surface area (Å²) in [5.41, 5.74) is 5.34. The van der Waals surface area contributed by atoms with Crippen LogP contribution in [0.2, 0.25) is 0 Å². The molecule has 0 aliphatic rings. The van der Waals surface area contributed by atoms with E-state index in [1.165, 1.54) is 11.1 Å². The summed E-state index contributed by atoms with van der Waals surface area (Å²) in [4.78, 5) is 11.0. The van der Waals surface area contributed by atoms with Crippen LogP contribution in [0.3, 0.4) is 0 Å². The molecule has 2 nitrogen and oxygen atoms in total. The Hall–Kier alpha value is -2.09. The number of hydrogen-bond donors (Lipinski definition) is 0. The fourth-order valence-corrected chi connectivity index (χ4v) is 2.30. The molecule has 2 heteroatoms. The minimum absolute atomic E-state index is 0.256. The molecule has 0 atom stereocenters. The van der Waals surface area contributed by atoms with Crippen LogP contribution in [0.15, 0.2) is 36.4 Å². The van der Waals surface area contributed by atoms with E-state index in [2.05, 4.69) is 18.2 Å². The van der Waals surface area contributed by atoms with Crippen molar-refractivity contribution >= 4 is 5.97 Å². The van der Waals surface area contributed by atoms with E-state index >= 15 is 0 Å². The molecular formula is C16H15O2-. The van der Waals surface area contributed by atoms with E-state index in [0.29, 0.717) is 0 Å². The maximum Gasteiger partial charge on any atom is 0.0718 e. The Labute approximate surface area is 107 Å². The first kappa shape index (κ1) is 12.4. The van der Waals surface area contributed by atoms with E-state index in [0.717, 1.165) is 16.7 Å². The minimum Gasteiger partial charge on any atom is -0.545 e. The van der Waals surface area contributed by atoms with Crippen molar-refractivity contribution in [1.29, 1.82) is 0 Å². The molecule has 0 unspecified atom stereocenters. The second kappa shape index (κ2) is 4.65. The first-order chi connectivity index (χ1) is 8.49. The SMILES string of the molecule is Cc1cc(C)cc(-c2cccc(C(=O)[O-])c2C)c1. The molecular weight excluding hydrogens is 224 g/mol. The van der Waals surface area contributed by atoms with Crippen molar-refractivity contribution in [3.05, 3.63) is 58.7 Å². The van der Waals surface area contributed by atoms with E-state index in [1.807, 2.05) is 26.8 Å². The molecule has 0 aliphatic heterocycles. The van der Waals surface area contributed by atoms with Gasteiger partial charge in [0.25, 0.3) is 0 Å². The monoisotopic (exact) mass is 239 g/mol. The van der Waals surface area contributed by atoms with Crippen molar-refractivity contribution in [2.45, 2.75) is 20.8 Å². The molecule has 0 spiro atoms. The molecule has 2 aromatic rings. The average molecular weight is 239 g/mol. The highest BCUT2D eigenvalue weighted by Crippen LogP contribution is 2.27. The first-order valence-corrected chi connectivity index (χ1v) is 5.88. The van der Waals surface area contributed by atoms with E-state index in [-0.39, 0.29) is 5.56 Å². The summed E-state index contributed by atoms with van der Waals surface area (Å²) in [6.07, 6.45) is 0. The van der Waals surface area contributed by atoms with Crippen LogP contribution in [0.4, 0.5) is 0 Å². The largest absolute Gasteiger partial charge is 0.545 e. The number of carbonyl (C=O) groups excluding carboxylic acids is 1. The number of rotatable bonds is 2. The first-order valence-electron chi connectivity index (χ1n) is 5.88. The van der Waals surface area contributed by atoms with E-state index in [1.54, 1.807) is 12.1 Å². The quantitative estimate of drug-likeness (QED) is 0.808. The van der Waals surface area contributed by atoms with Crippen LogP contribution in [0.25, 0.3) is 11.1 Å². The topological polar surface area (TPSA) is 40.1 Å². The summed E-state index contributed by atoms with van der Waals surface area (Å²) < 4.78 is 0. The Morgan fingerprint density at radius 2 is 1.61 bits per heavy atom. The molecule has 0 aromatic heterocycles. The lowest BCUT2D eigenvalue weighted by Gasteiger charge is -2.13. The maximum absolute atomic E-state index is 11.0. The van der Waals surface area contributed by atoms with Gasteiger partial charge in [-0.25, -0.2) is 0 Å².